The molecule has 3 fully saturated rings. The van der Waals surface area contributed by atoms with Crippen LogP contribution in [0.15, 0.2) is 0 Å². The van der Waals surface area contributed by atoms with E-state index in [1.165, 1.54) is 6.42 Å². The first kappa shape index (κ1) is 29.1. The Labute approximate surface area is 214 Å². The number of fused-ring (bicyclic) bond motifs is 1. The molecule has 3 rings (SSSR count). The summed E-state index contributed by atoms with van der Waals surface area (Å²) in [6, 6.07) is 0. The molecule has 204 valence electrons. The van der Waals surface area contributed by atoms with Crippen molar-refractivity contribution in [1.82, 2.24) is 0 Å². The highest BCUT2D eigenvalue weighted by Crippen LogP contribution is 2.45. The zero-order valence-corrected chi connectivity index (χ0v) is 24.2. The maximum absolute atomic E-state index is 11.6. The number of aliphatic carboxylic acids is 1. The van der Waals surface area contributed by atoms with Crippen LogP contribution in [0.4, 0.5) is 0 Å². The Balaban J connectivity index is 1.63. The van der Waals surface area contributed by atoms with Crippen LogP contribution in [0.3, 0.4) is 0 Å². The molecule has 1 aliphatic carbocycles. The van der Waals surface area contributed by atoms with E-state index in [0.717, 1.165) is 77.6 Å². The average molecular weight is 513 g/mol. The maximum atomic E-state index is 11.6. The zero-order chi connectivity index (χ0) is 25.6. The predicted octanol–water partition coefficient (Wildman–Crippen LogP) is 6.63. The van der Waals surface area contributed by atoms with Crippen LogP contribution in [0.2, 0.25) is 18.1 Å². The van der Waals surface area contributed by atoms with Crippen LogP contribution in [0.25, 0.3) is 0 Å². The first-order chi connectivity index (χ1) is 16.5. The number of carboxylic acids is 1. The topological polar surface area (TPSA) is 74.2 Å². The summed E-state index contributed by atoms with van der Waals surface area (Å²) in [7, 11) is -1.86. The molecule has 2 saturated heterocycles. The van der Waals surface area contributed by atoms with Gasteiger partial charge < -0.3 is 23.7 Å². The van der Waals surface area contributed by atoms with E-state index in [0.29, 0.717) is 17.8 Å². The van der Waals surface area contributed by atoms with Gasteiger partial charge in [-0.05, 0) is 81.3 Å². The highest BCUT2D eigenvalue weighted by atomic mass is 28.4. The average Bonchev–Trinajstić information content (AvgIpc) is 2.98. The van der Waals surface area contributed by atoms with Crippen molar-refractivity contribution in [3.8, 4) is 0 Å². The molecule has 0 aromatic rings. The smallest absolute Gasteiger partial charge is 0.306 e. The van der Waals surface area contributed by atoms with Gasteiger partial charge in [-0.25, -0.2) is 0 Å². The van der Waals surface area contributed by atoms with Crippen molar-refractivity contribution < 1.29 is 28.5 Å². The molecule has 1 saturated carbocycles. The van der Waals surface area contributed by atoms with Gasteiger partial charge in [0.05, 0.1) is 18.1 Å². The van der Waals surface area contributed by atoms with Crippen molar-refractivity contribution >= 4 is 14.3 Å². The first-order valence-electron chi connectivity index (χ1n) is 14.3. The number of carbonyl (C=O) groups is 1. The van der Waals surface area contributed by atoms with Gasteiger partial charge >= 0.3 is 5.97 Å². The summed E-state index contributed by atoms with van der Waals surface area (Å²) in [6.45, 7) is 15.9. The molecule has 1 N–H and O–H groups in total. The Morgan fingerprint density at radius 3 is 2.51 bits per heavy atom. The minimum atomic E-state index is -1.86. The molecule has 0 radical (unpaired) electrons. The molecule has 3 aliphatic rings. The summed E-state index contributed by atoms with van der Waals surface area (Å²) in [6.07, 6.45) is 10.0. The van der Waals surface area contributed by atoms with Crippen LogP contribution in [0.5, 0.6) is 0 Å². The standard InChI is InChI=1S/C28H52O6Si/c1-7-10-21(27(29)30)14-12-20-13-15-22-23(19-33-35(5,6)28(2,3)4)25(17-24(22)32-18-20)34-26-11-8-9-16-31-26/h20-26H,7-19H2,1-6H3,(H,29,30)/t20-,21?,22-,23-,24+,25-,26?/m1/s1. The quantitative estimate of drug-likeness (QED) is 0.313. The molecule has 0 spiro atoms. The lowest BCUT2D eigenvalue weighted by atomic mass is 9.86. The summed E-state index contributed by atoms with van der Waals surface area (Å²) >= 11 is 0. The summed E-state index contributed by atoms with van der Waals surface area (Å²) in [5.41, 5.74) is 0. The molecule has 7 heteroatoms. The fraction of sp³-hybridized carbons (Fsp3) is 0.964. The minimum absolute atomic E-state index is 0.0919. The minimum Gasteiger partial charge on any atom is -0.481 e. The predicted molar refractivity (Wildman–Crippen MR) is 141 cm³/mol. The highest BCUT2D eigenvalue weighted by Gasteiger charge is 2.48. The number of hydrogen-bond donors (Lipinski definition) is 1. The molecule has 0 amide bonds. The van der Waals surface area contributed by atoms with Crippen molar-refractivity contribution in [1.29, 1.82) is 0 Å². The van der Waals surface area contributed by atoms with Gasteiger partial charge in [0, 0.05) is 32.2 Å². The van der Waals surface area contributed by atoms with Gasteiger partial charge in [-0.15, -0.1) is 0 Å². The lowest BCUT2D eigenvalue weighted by Crippen LogP contribution is -2.44. The Morgan fingerprint density at radius 1 is 1.11 bits per heavy atom. The van der Waals surface area contributed by atoms with E-state index in [1.54, 1.807) is 0 Å². The fourth-order valence-electron chi connectivity index (χ4n) is 5.82. The molecule has 2 unspecified atom stereocenters. The fourth-order valence-corrected chi connectivity index (χ4v) is 6.86. The van der Waals surface area contributed by atoms with E-state index >= 15 is 0 Å². The first-order valence-corrected chi connectivity index (χ1v) is 17.2. The van der Waals surface area contributed by atoms with Crippen LogP contribution in [-0.4, -0.2) is 57.7 Å². The lowest BCUT2D eigenvalue weighted by Gasteiger charge is -2.38. The molecule has 0 aromatic heterocycles. The maximum Gasteiger partial charge on any atom is 0.306 e. The second kappa shape index (κ2) is 12.9. The monoisotopic (exact) mass is 512 g/mol. The third-order valence-corrected chi connectivity index (χ3v) is 13.7. The van der Waals surface area contributed by atoms with Crippen LogP contribution in [0.1, 0.15) is 91.9 Å². The van der Waals surface area contributed by atoms with Gasteiger partial charge in [-0.2, -0.15) is 0 Å². The van der Waals surface area contributed by atoms with Crippen molar-refractivity contribution in [2.75, 3.05) is 19.8 Å². The van der Waals surface area contributed by atoms with Crippen molar-refractivity contribution in [3.63, 3.8) is 0 Å². The molecule has 2 heterocycles. The second-order valence-corrected chi connectivity index (χ2v) is 17.6. The highest BCUT2D eigenvalue weighted by molar-refractivity contribution is 6.74. The zero-order valence-electron chi connectivity index (χ0n) is 23.2. The van der Waals surface area contributed by atoms with Crippen molar-refractivity contribution in [2.24, 2.45) is 23.7 Å². The summed E-state index contributed by atoms with van der Waals surface area (Å²) in [5, 5.41) is 9.71. The van der Waals surface area contributed by atoms with E-state index < -0.39 is 14.3 Å². The number of ether oxygens (including phenoxy) is 3. The number of hydrogen-bond acceptors (Lipinski definition) is 5. The van der Waals surface area contributed by atoms with E-state index in [2.05, 4.69) is 40.8 Å². The number of carboxylic acid groups (broad SMARTS) is 1. The van der Waals surface area contributed by atoms with Gasteiger partial charge in [-0.1, -0.05) is 34.1 Å². The van der Waals surface area contributed by atoms with E-state index in [9.17, 15) is 9.90 Å². The normalized spacial score (nSPS) is 33.2. The van der Waals surface area contributed by atoms with Gasteiger partial charge in [0.2, 0.25) is 0 Å². The third-order valence-electron chi connectivity index (χ3n) is 9.24. The van der Waals surface area contributed by atoms with Gasteiger partial charge in [-0.3, -0.25) is 4.79 Å². The molecular formula is C28H52O6Si. The van der Waals surface area contributed by atoms with Gasteiger partial charge in [0.1, 0.15) is 0 Å². The Morgan fingerprint density at radius 2 is 1.89 bits per heavy atom. The lowest BCUT2D eigenvalue weighted by molar-refractivity contribution is -0.198. The van der Waals surface area contributed by atoms with Crippen molar-refractivity contribution in [2.45, 2.75) is 129 Å². The SMILES string of the molecule is CCCC(CC[C@@H]1CC[C@@H]2[C@@H](CO[Si](C)(C)C(C)(C)C)[C@H](OC3CCCCO3)C[C@@H]2OC1)C(=O)O. The molecular weight excluding hydrogens is 460 g/mol. The van der Waals surface area contributed by atoms with Crippen LogP contribution in [-0.2, 0) is 23.4 Å². The van der Waals surface area contributed by atoms with E-state index in [1.807, 2.05) is 0 Å². The molecule has 0 bridgehead atoms. The largest absolute Gasteiger partial charge is 0.481 e. The summed E-state index contributed by atoms with van der Waals surface area (Å²) < 4.78 is 25.8. The molecule has 6 nitrogen and oxygen atoms in total. The van der Waals surface area contributed by atoms with Crippen LogP contribution < -0.4 is 0 Å². The van der Waals surface area contributed by atoms with E-state index in [4.69, 9.17) is 18.6 Å². The van der Waals surface area contributed by atoms with Gasteiger partial charge in [0.15, 0.2) is 14.6 Å². The van der Waals surface area contributed by atoms with E-state index in [-0.39, 0.29) is 29.5 Å². The Hall–Kier alpha value is -0.473. The summed E-state index contributed by atoms with van der Waals surface area (Å²) in [4.78, 5) is 11.6. The molecule has 0 aromatic carbocycles. The van der Waals surface area contributed by atoms with Gasteiger partial charge in [0.25, 0.3) is 0 Å². The van der Waals surface area contributed by atoms with Crippen LogP contribution >= 0.6 is 0 Å². The Bertz CT molecular complexity index is 656. The Kier molecular flexibility index (Phi) is 10.7. The molecule has 35 heavy (non-hydrogen) atoms. The third kappa shape index (κ3) is 8.00. The number of rotatable bonds is 11. The van der Waals surface area contributed by atoms with Crippen LogP contribution in [0, 0.1) is 23.7 Å². The van der Waals surface area contributed by atoms with Crippen molar-refractivity contribution in [3.05, 3.63) is 0 Å². The molecule has 2 aliphatic heterocycles. The second-order valence-electron chi connectivity index (χ2n) is 12.8. The molecule has 7 atom stereocenters. The summed E-state index contributed by atoms with van der Waals surface area (Å²) in [5.74, 6) is 0.338.